The zero-order chi connectivity index (χ0) is 25.2. The average molecular weight is 487 g/mol. The van der Waals surface area contributed by atoms with Crippen LogP contribution in [0.15, 0.2) is 54.6 Å². The molecule has 184 valence electrons. The molecule has 36 heavy (non-hydrogen) atoms. The van der Waals surface area contributed by atoms with Crippen molar-refractivity contribution >= 4 is 34.0 Å². The van der Waals surface area contributed by atoms with E-state index in [9.17, 15) is 14.9 Å². The van der Waals surface area contributed by atoms with Crippen molar-refractivity contribution in [2.24, 2.45) is 0 Å². The van der Waals surface area contributed by atoms with Gasteiger partial charge in [0.25, 0.3) is 11.6 Å². The average Bonchev–Trinajstić information content (AvgIpc) is 3.55. The van der Waals surface area contributed by atoms with E-state index in [0.717, 1.165) is 42.9 Å². The molecule has 10 heteroatoms. The van der Waals surface area contributed by atoms with Crippen molar-refractivity contribution in [2.75, 3.05) is 29.9 Å². The summed E-state index contributed by atoms with van der Waals surface area (Å²) in [5, 5.41) is 23.7. The van der Waals surface area contributed by atoms with E-state index in [1.54, 1.807) is 18.2 Å². The van der Waals surface area contributed by atoms with Crippen molar-refractivity contribution in [1.82, 2.24) is 15.0 Å². The first-order valence-electron chi connectivity index (χ1n) is 11.9. The van der Waals surface area contributed by atoms with E-state index in [-0.39, 0.29) is 11.3 Å². The molecule has 4 aromatic rings. The fraction of sp³-hybridized carbons (Fsp3) is 0.269. The van der Waals surface area contributed by atoms with Gasteiger partial charge in [0.1, 0.15) is 22.5 Å². The molecule has 0 saturated carbocycles. The predicted molar refractivity (Wildman–Crippen MR) is 137 cm³/mol. The van der Waals surface area contributed by atoms with Crippen LogP contribution in [0.3, 0.4) is 0 Å². The molecule has 1 aliphatic rings. The van der Waals surface area contributed by atoms with E-state index in [1.807, 2.05) is 49.1 Å². The molecule has 1 aromatic heterocycles. The zero-order valence-electron chi connectivity index (χ0n) is 20.1. The first kappa shape index (κ1) is 23.3. The molecule has 0 spiro atoms. The van der Waals surface area contributed by atoms with Crippen LogP contribution in [0.1, 0.15) is 35.7 Å². The van der Waals surface area contributed by atoms with Crippen molar-refractivity contribution < 1.29 is 14.5 Å². The van der Waals surface area contributed by atoms with E-state index < -0.39 is 10.8 Å². The molecular formula is C26H26N6O4. The van der Waals surface area contributed by atoms with Gasteiger partial charge in [-0.05, 0) is 80.8 Å². The molecule has 0 unspecified atom stereocenters. The topological polar surface area (TPSA) is 115 Å². The number of ether oxygens (including phenoxy) is 1. The number of aryl methyl sites for hydroxylation is 1. The first-order valence-corrected chi connectivity index (χ1v) is 11.9. The predicted octanol–water partition coefficient (Wildman–Crippen LogP) is 4.89. The lowest BCUT2D eigenvalue weighted by atomic mass is 10.1. The highest BCUT2D eigenvalue weighted by Gasteiger charge is 2.24. The van der Waals surface area contributed by atoms with Crippen LogP contribution >= 0.6 is 0 Å². The maximum Gasteiger partial charge on any atom is 0.293 e. The van der Waals surface area contributed by atoms with Crippen LogP contribution in [0.4, 0.5) is 17.1 Å². The van der Waals surface area contributed by atoms with Gasteiger partial charge in [-0.3, -0.25) is 14.9 Å². The molecule has 10 nitrogen and oxygen atoms in total. The number of carbonyl (C=O) groups excluding carboxylic acids is 1. The molecule has 1 N–H and O–H groups in total. The van der Waals surface area contributed by atoms with Gasteiger partial charge in [0.15, 0.2) is 0 Å². The van der Waals surface area contributed by atoms with E-state index in [0.29, 0.717) is 29.0 Å². The van der Waals surface area contributed by atoms with Crippen LogP contribution in [0.25, 0.3) is 16.7 Å². The fourth-order valence-electron chi connectivity index (χ4n) is 4.39. The molecular weight excluding hydrogens is 460 g/mol. The van der Waals surface area contributed by atoms with E-state index in [1.165, 1.54) is 10.9 Å². The van der Waals surface area contributed by atoms with Gasteiger partial charge >= 0.3 is 0 Å². The molecule has 5 rings (SSSR count). The number of amides is 1. The van der Waals surface area contributed by atoms with Crippen molar-refractivity contribution in [3.8, 4) is 11.4 Å². The fourth-order valence-corrected chi connectivity index (χ4v) is 4.39. The normalized spacial score (nSPS) is 13.2. The van der Waals surface area contributed by atoms with E-state index >= 15 is 0 Å². The van der Waals surface area contributed by atoms with Crippen molar-refractivity contribution in [3.63, 3.8) is 0 Å². The second-order valence-electron chi connectivity index (χ2n) is 8.68. The number of aromatic nitrogens is 3. The number of fused-ring (bicyclic) bond motifs is 1. The number of nitro benzene ring substituents is 1. The summed E-state index contributed by atoms with van der Waals surface area (Å²) in [5.74, 6) is 0.347. The number of nitrogens with zero attached hydrogens (tertiary/aromatic N) is 5. The number of nitrogens with one attached hydrogen (secondary N) is 1. The number of benzene rings is 3. The molecule has 1 saturated heterocycles. The second-order valence-corrected chi connectivity index (χ2v) is 8.68. The molecule has 0 radical (unpaired) electrons. The molecule has 3 aromatic carbocycles. The van der Waals surface area contributed by atoms with Gasteiger partial charge in [-0.25, -0.2) is 0 Å². The van der Waals surface area contributed by atoms with Crippen LogP contribution < -0.4 is 15.0 Å². The lowest BCUT2D eigenvalue weighted by Crippen LogP contribution is -2.20. The van der Waals surface area contributed by atoms with Crippen molar-refractivity contribution in [3.05, 3.63) is 75.8 Å². The van der Waals surface area contributed by atoms with Crippen molar-refractivity contribution in [1.29, 1.82) is 0 Å². The van der Waals surface area contributed by atoms with Gasteiger partial charge < -0.3 is 15.0 Å². The highest BCUT2D eigenvalue weighted by Crippen LogP contribution is 2.32. The minimum absolute atomic E-state index is 0.0602. The summed E-state index contributed by atoms with van der Waals surface area (Å²) in [6.07, 6.45) is 2.01. The van der Waals surface area contributed by atoms with E-state index in [4.69, 9.17) is 4.74 Å². The maximum absolute atomic E-state index is 13.0. The van der Waals surface area contributed by atoms with Crippen LogP contribution in [-0.4, -0.2) is 45.5 Å². The Morgan fingerprint density at radius 3 is 2.42 bits per heavy atom. The number of rotatable bonds is 7. The van der Waals surface area contributed by atoms with Gasteiger partial charge in [0, 0.05) is 30.4 Å². The Hall–Kier alpha value is -4.47. The number of hydrogen-bond acceptors (Lipinski definition) is 7. The SMILES string of the molecule is CCOc1ccc(-n2nc3cc(C)c(NC(=O)c4ccc(N5CCCC5)c([N+](=O)[O-])c4)cc3n2)cc1. The minimum atomic E-state index is -0.430. The monoisotopic (exact) mass is 486 g/mol. The summed E-state index contributed by atoms with van der Waals surface area (Å²) in [4.78, 5) is 27.8. The van der Waals surface area contributed by atoms with Gasteiger partial charge in [-0.1, -0.05) is 0 Å². The van der Waals surface area contributed by atoms with E-state index in [2.05, 4.69) is 15.5 Å². The zero-order valence-corrected chi connectivity index (χ0v) is 20.1. The molecule has 0 atom stereocenters. The lowest BCUT2D eigenvalue weighted by Gasteiger charge is -2.18. The number of carbonyl (C=O) groups is 1. The van der Waals surface area contributed by atoms with Crippen molar-refractivity contribution in [2.45, 2.75) is 26.7 Å². The third-order valence-electron chi connectivity index (χ3n) is 6.23. The summed E-state index contributed by atoms with van der Waals surface area (Å²) >= 11 is 0. The second kappa shape index (κ2) is 9.65. The molecule has 1 fully saturated rings. The third kappa shape index (κ3) is 4.57. The summed E-state index contributed by atoms with van der Waals surface area (Å²) in [5.41, 5.74) is 4.17. The highest BCUT2D eigenvalue weighted by molar-refractivity contribution is 6.06. The number of hydrogen-bond donors (Lipinski definition) is 1. The first-order chi connectivity index (χ1) is 17.4. The highest BCUT2D eigenvalue weighted by atomic mass is 16.6. The summed E-state index contributed by atoms with van der Waals surface area (Å²) in [6.45, 7) is 5.95. The lowest BCUT2D eigenvalue weighted by molar-refractivity contribution is -0.384. The van der Waals surface area contributed by atoms with Crippen LogP contribution in [0, 0.1) is 17.0 Å². The van der Waals surface area contributed by atoms with Crippen LogP contribution in [0.5, 0.6) is 5.75 Å². The molecule has 1 aliphatic heterocycles. The summed E-state index contributed by atoms with van der Waals surface area (Å²) in [6, 6.07) is 15.7. The third-order valence-corrected chi connectivity index (χ3v) is 6.23. The Balaban J connectivity index is 1.39. The molecule has 0 aliphatic carbocycles. The van der Waals surface area contributed by atoms with Crippen LogP contribution in [-0.2, 0) is 0 Å². The maximum atomic E-state index is 13.0. The Morgan fingerprint density at radius 1 is 1.06 bits per heavy atom. The van der Waals surface area contributed by atoms with Crippen LogP contribution in [0.2, 0.25) is 0 Å². The van der Waals surface area contributed by atoms with Gasteiger partial charge in [-0.15, -0.1) is 10.2 Å². The Bertz CT molecular complexity index is 1440. The summed E-state index contributed by atoms with van der Waals surface area (Å²) in [7, 11) is 0. The number of anilines is 2. The van der Waals surface area contributed by atoms with Gasteiger partial charge in [0.2, 0.25) is 0 Å². The molecule has 0 bridgehead atoms. The number of nitro groups is 1. The summed E-state index contributed by atoms with van der Waals surface area (Å²) < 4.78 is 5.48. The quantitative estimate of drug-likeness (QED) is 0.292. The van der Waals surface area contributed by atoms with Gasteiger partial charge in [0.05, 0.1) is 17.2 Å². The Labute approximate surface area is 207 Å². The van der Waals surface area contributed by atoms with Gasteiger partial charge in [-0.2, -0.15) is 4.80 Å². The smallest absolute Gasteiger partial charge is 0.293 e. The molecule has 2 heterocycles. The Morgan fingerprint density at radius 2 is 1.75 bits per heavy atom. The Kier molecular flexibility index (Phi) is 6.24. The standard InChI is InChI=1S/C26H26N6O4/c1-3-36-20-9-7-19(8-10-20)31-28-22-14-17(2)21(16-23(22)29-31)27-26(33)18-6-11-24(25(15-18)32(34)35)30-12-4-5-13-30/h6-11,14-16H,3-5,12-13H2,1-2H3,(H,27,33). The minimum Gasteiger partial charge on any atom is -0.494 e. The molecule has 1 amide bonds. The largest absolute Gasteiger partial charge is 0.494 e.